The molecule has 0 saturated carbocycles. The molecule has 4 aromatic rings. The van der Waals surface area contributed by atoms with E-state index in [0.717, 1.165) is 16.4 Å². The van der Waals surface area contributed by atoms with Gasteiger partial charge in [-0.05, 0) is 25.1 Å². The minimum absolute atomic E-state index is 0.147. The second kappa shape index (κ2) is 9.27. The van der Waals surface area contributed by atoms with Crippen LogP contribution in [0.4, 0.5) is 4.39 Å². The second-order valence-corrected chi connectivity index (χ2v) is 7.97. The third-order valence-corrected chi connectivity index (χ3v) is 5.86. The molecule has 1 aromatic carbocycles. The van der Waals surface area contributed by atoms with Gasteiger partial charge in [0, 0.05) is 32.1 Å². The molecule has 3 heterocycles. The summed E-state index contributed by atoms with van der Waals surface area (Å²) in [6.07, 6.45) is 3.49. The Morgan fingerprint density at radius 1 is 1.16 bits per heavy atom. The van der Waals surface area contributed by atoms with Crippen LogP contribution in [0.2, 0.25) is 0 Å². The van der Waals surface area contributed by atoms with Crippen LogP contribution in [-0.2, 0) is 22.5 Å². The summed E-state index contributed by atoms with van der Waals surface area (Å²) in [7, 11) is -0.152. The lowest BCUT2D eigenvalue weighted by atomic mass is 10.2. The number of ether oxygens (including phenoxy) is 1. The standard InChI is InChI=1S/C22H21FN5O2P/c1-3-30-18(29)11-15-12-25-20(26-22(15)31-2)19-16-8-6-10-24-21(16)28(27-19)13-14-7-4-5-9-17(14)23/h4-10,12,31H,3,11,13H2,1-2H3/p+1. The van der Waals surface area contributed by atoms with E-state index in [1.807, 2.05) is 12.1 Å². The van der Waals surface area contributed by atoms with E-state index in [9.17, 15) is 9.18 Å². The van der Waals surface area contributed by atoms with Gasteiger partial charge >= 0.3 is 5.97 Å². The van der Waals surface area contributed by atoms with Crippen molar-refractivity contribution in [1.29, 1.82) is 0 Å². The molecular weight excluding hydrogens is 416 g/mol. The molecule has 0 aliphatic carbocycles. The number of hydrogen-bond donors (Lipinski definition) is 0. The van der Waals surface area contributed by atoms with Crippen LogP contribution in [0, 0.1) is 5.82 Å². The Balaban J connectivity index is 1.74. The molecule has 1 unspecified atom stereocenters. The van der Waals surface area contributed by atoms with E-state index in [0.29, 0.717) is 29.3 Å². The van der Waals surface area contributed by atoms with Gasteiger partial charge in [-0.2, -0.15) is 10.1 Å². The van der Waals surface area contributed by atoms with Gasteiger partial charge in [0.15, 0.2) is 16.9 Å². The van der Waals surface area contributed by atoms with Crippen LogP contribution in [-0.4, -0.2) is 44.0 Å². The number of hydrogen-bond acceptors (Lipinski definition) is 6. The largest absolute Gasteiger partial charge is 0.466 e. The molecule has 1 atom stereocenters. The Labute approximate surface area is 180 Å². The van der Waals surface area contributed by atoms with Crippen molar-refractivity contribution in [2.24, 2.45) is 0 Å². The third kappa shape index (κ3) is 4.44. The molecule has 0 N–H and O–H groups in total. The Kier molecular flexibility index (Phi) is 6.28. The van der Waals surface area contributed by atoms with Crippen molar-refractivity contribution in [1.82, 2.24) is 24.7 Å². The molecule has 0 radical (unpaired) electrons. The van der Waals surface area contributed by atoms with Crippen LogP contribution in [0.3, 0.4) is 0 Å². The minimum Gasteiger partial charge on any atom is -0.466 e. The zero-order chi connectivity index (χ0) is 21.8. The first kappa shape index (κ1) is 21.0. The molecule has 4 rings (SSSR count). The highest BCUT2D eigenvalue weighted by Gasteiger charge is 2.20. The highest BCUT2D eigenvalue weighted by molar-refractivity contribution is 7.46. The average molecular weight is 438 g/mol. The monoisotopic (exact) mass is 438 g/mol. The van der Waals surface area contributed by atoms with Gasteiger partial charge in [0.05, 0.1) is 31.6 Å². The lowest BCUT2D eigenvalue weighted by Gasteiger charge is -2.05. The van der Waals surface area contributed by atoms with Crippen LogP contribution in [0.15, 0.2) is 48.8 Å². The average Bonchev–Trinajstić information content (AvgIpc) is 3.14. The van der Waals surface area contributed by atoms with E-state index in [-0.39, 0.29) is 33.3 Å². The highest BCUT2D eigenvalue weighted by Crippen LogP contribution is 2.25. The third-order valence-electron chi connectivity index (χ3n) is 4.81. The van der Waals surface area contributed by atoms with Crippen molar-refractivity contribution in [2.75, 3.05) is 13.3 Å². The fraction of sp³-hybridized carbons (Fsp3) is 0.227. The minimum atomic E-state index is -0.295. The number of pyridine rings is 1. The maximum absolute atomic E-state index is 14.2. The van der Waals surface area contributed by atoms with Gasteiger partial charge in [-0.1, -0.05) is 18.2 Å². The fourth-order valence-electron chi connectivity index (χ4n) is 3.36. The molecule has 0 spiro atoms. The first-order valence-electron chi connectivity index (χ1n) is 9.97. The first-order chi connectivity index (χ1) is 15.1. The first-order valence-corrected chi connectivity index (χ1v) is 11.7. The SMILES string of the molecule is CCOC(=O)Cc1cnc(-c2nn(Cc3ccccc3F)c3ncccc23)nc1[PH2+]C. The van der Waals surface area contributed by atoms with Crippen LogP contribution in [0.1, 0.15) is 18.1 Å². The van der Waals surface area contributed by atoms with Gasteiger partial charge in [-0.3, -0.25) is 4.79 Å². The smallest absolute Gasteiger partial charge is 0.310 e. The molecule has 0 bridgehead atoms. The number of halogens is 1. The predicted molar refractivity (Wildman–Crippen MR) is 120 cm³/mol. The maximum atomic E-state index is 14.2. The normalized spacial score (nSPS) is 11.5. The molecule has 0 fully saturated rings. The molecule has 9 heteroatoms. The van der Waals surface area contributed by atoms with E-state index < -0.39 is 0 Å². The van der Waals surface area contributed by atoms with Crippen LogP contribution < -0.4 is 5.44 Å². The van der Waals surface area contributed by atoms with E-state index in [1.165, 1.54) is 6.07 Å². The predicted octanol–water partition coefficient (Wildman–Crippen LogP) is 2.85. The van der Waals surface area contributed by atoms with Crippen LogP contribution in [0.25, 0.3) is 22.6 Å². The van der Waals surface area contributed by atoms with E-state index in [1.54, 1.807) is 42.2 Å². The Morgan fingerprint density at radius 3 is 2.77 bits per heavy atom. The quantitative estimate of drug-likeness (QED) is 0.326. The summed E-state index contributed by atoms with van der Waals surface area (Å²) >= 11 is 0. The van der Waals surface area contributed by atoms with E-state index in [4.69, 9.17) is 9.72 Å². The number of benzene rings is 1. The van der Waals surface area contributed by atoms with Gasteiger partial charge in [-0.25, -0.2) is 19.0 Å². The fourth-order valence-corrected chi connectivity index (χ4v) is 4.16. The van der Waals surface area contributed by atoms with Crippen molar-refractivity contribution in [3.8, 4) is 11.5 Å². The number of nitrogens with zero attached hydrogens (tertiary/aromatic N) is 5. The van der Waals surface area contributed by atoms with Crippen molar-refractivity contribution < 1.29 is 13.9 Å². The van der Waals surface area contributed by atoms with E-state index in [2.05, 4.69) is 21.7 Å². The summed E-state index contributed by atoms with van der Waals surface area (Å²) in [5.74, 6) is -0.126. The second-order valence-electron chi connectivity index (χ2n) is 6.85. The molecule has 31 heavy (non-hydrogen) atoms. The molecule has 7 nitrogen and oxygen atoms in total. The molecule has 158 valence electrons. The van der Waals surface area contributed by atoms with Gasteiger partial charge < -0.3 is 4.74 Å². The topological polar surface area (TPSA) is 82.8 Å². The zero-order valence-corrected chi connectivity index (χ0v) is 18.4. The molecule has 0 saturated heterocycles. The molecule has 0 amide bonds. The summed E-state index contributed by atoms with van der Waals surface area (Å²) < 4.78 is 20.9. The Bertz CT molecular complexity index is 1240. The van der Waals surface area contributed by atoms with Gasteiger partial charge in [-0.15, -0.1) is 0 Å². The maximum Gasteiger partial charge on any atom is 0.310 e. The van der Waals surface area contributed by atoms with Crippen LogP contribution in [0.5, 0.6) is 0 Å². The number of fused-ring (bicyclic) bond motifs is 1. The molecule has 3 aromatic heterocycles. The number of rotatable bonds is 7. The van der Waals surface area contributed by atoms with Gasteiger partial charge in [0.25, 0.3) is 0 Å². The molecular formula is C22H22FN5O2P+. The highest BCUT2D eigenvalue weighted by atomic mass is 31.1. The van der Waals surface area contributed by atoms with Crippen molar-refractivity contribution in [3.63, 3.8) is 0 Å². The summed E-state index contributed by atoms with van der Waals surface area (Å²) in [6, 6.07) is 10.3. The van der Waals surface area contributed by atoms with Gasteiger partial charge in [0.1, 0.15) is 11.5 Å². The number of carbonyl (C=O) groups excluding carboxylic acids is 1. The summed E-state index contributed by atoms with van der Waals surface area (Å²) in [6.45, 7) is 4.41. The molecule has 0 aliphatic heterocycles. The van der Waals surface area contributed by atoms with Gasteiger partial charge in [0.2, 0.25) is 0 Å². The van der Waals surface area contributed by atoms with Crippen LogP contribution >= 0.6 is 8.58 Å². The summed E-state index contributed by atoms with van der Waals surface area (Å²) in [5, 5.41) is 5.46. The number of carbonyl (C=O) groups is 1. The summed E-state index contributed by atoms with van der Waals surface area (Å²) in [5.41, 5.74) is 3.35. The number of aromatic nitrogens is 5. The van der Waals surface area contributed by atoms with Crippen molar-refractivity contribution >= 4 is 31.0 Å². The Hall–Kier alpha value is -3.25. The zero-order valence-electron chi connectivity index (χ0n) is 17.2. The lowest BCUT2D eigenvalue weighted by Crippen LogP contribution is -2.17. The lowest BCUT2D eigenvalue weighted by molar-refractivity contribution is -0.142. The number of esters is 1. The Morgan fingerprint density at radius 2 is 2.00 bits per heavy atom. The summed E-state index contributed by atoms with van der Waals surface area (Å²) in [4.78, 5) is 25.5. The van der Waals surface area contributed by atoms with E-state index >= 15 is 0 Å². The van der Waals surface area contributed by atoms with Crippen molar-refractivity contribution in [3.05, 3.63) is 65.7 Å². The van der Waals surface area contributed by atoms with Crippen molar-refractivity contribution in [2.45, 2.75) is 19.9 Å². The molecule has 0 aliphatic rings.